The highest BCUT2D eigenvalue weighted by molar-refractivity contribution is 7.89. The number of thiophene rings is 1. The molecule has 6 nitrogen and oxygen atoms in total. The van der Waals surface area contributed by atoms with E-state index < -0.39 is 22.7 Å². The zero-order valence-corrected chi connectivity index (χ0v) is 15.7. The minimum absolute atomic E-state index is 0.312. The number of anilines is 1. The van der Waals surface area contributed by atoms with E-state index in [0.29, 0.717) is 16.3 Å². The molecule has 2 aromatic heterocycles. The minimum Gasteiger partial charge on any atom is -0.322 e. The van der Waals surface area contributed by atoms with Crippen LogP contribution in [0.4, 0.5) is 18.9 Å². The summed E-state index contributed by atoms with van der Waals surface area (Å²) in [5, 5.41) is 4.41. The summed E-state index contributed by atoms with van der Waals surface area (Å²) in [4.78, 5) is 12.6. The molecule has 0 aliphatic carbocycles. The maximum absolute atomic E-state index is 12.5. The number of hydrogen-bond acceptors (Lipinski definition) is 4. The molecule has 0 fully saturated rings. The summed E-state index contributed by atoms with van der Waals surface area (Å²) >= 11 is 1.25. The van der Waals surface area contributed by atoms with Gasteiger partial charge in [-0.15, -0.1) is 11.3 Å². The molecule has 2 N–H and O–H groups in total. The Hall–Kier alpha value is -2.63. The van der Waals surface area contributed by atoms with Crippen molar-refractivity contribution in [2.45, 2.75) is 11.1 Å². The number of sulfonamides is 1. The number of amides is 1. The van der Waals surface area contributed by atoms with Gasteiger partial charge in [-0.2, -0.15) is 13.2 Å². The molecular weight excluding hydrogens is 415 g/mol. The summed E-state index contributed by atoms with van der Waals surface area (Å²) in [6.07, 6.45) is -1.06. The second-order valence-electron chi connectivity index (χ2n) is 5.64. The van der Waals surface area contributed by atoms with Crippen LogP contribution in [0.3, 0.4) is 0 Å². The van der Waals surface area contributed by atoms with Crippen molar-refractivity contribution in [3.8, 4) is 5.69 Å². The van der Waals surface area contributed by atoms with Crippen molar-refractivity contribution >= 4 is 33.0 Å². The highest BCUT2D eigenvalue weighted by atomic mass is 32.2. The first kappa shape index (κ1) is 20.1. The van der Waals surface area contributed by atoms with Crippen molar-refractivity contribution < 1.29 is 26.4 Å². The third kappa shape index (κ3) is 4.80. The molecule has 1 amide bonds. The fraction of sp³-hybridized carbons (Fsp3) is 0.118. The molecule has 2 heterocycles. The third-order valence-electron chi connectivity index (χ3n) is 3.62. The topological polar surface area (TPSA) is 80.2 Å². The van der Waals surface area contributed by atoms with Crippen LogP contribution in [0.2, 0.25) is 0 Å². The fourth-order valence-corrected chi connectivity index (χ4v) is 4.14. The number of benzene rings is 1. The SMILES string of the molecule is O=C(Nc1ccc(S(=O)(=O)NCC(F)(F)F)cc1)c1sccc1-n1cccc1. The van der Waals surface area contributed by atoms with Crippen LogP contribution in [0.25, 0.3) is 5.69 Å². The molecule has 0 saturated carbocycles. The van der Waals surface area contributed by atoms with Crippen molar-refractivity contribution in [3.05, 3.63) is 65.1 Å². The standard InChI is InChI=1S/C17H14F3N3O3S2/c18-17(19,20)11-21-28(25,26)13-5-3-12(4-6-13)22-16(24)15-14(7-10-27-15)23-8-1-2-9-23/h1-10,21H,11H2,(H,22,24). The molecular formula is C17H14F3N3O3S2. The lowest BCUT2D eigenvalue weighted by atomic mass is 10.3. The van der Waals surface area contributed by atoms with Crippen LogP contribution in [0.15, 0.2) is 65.1 Å². The van der Waals surface area contributed by atoms with E-state index in [-0.39, 0.29) is 10.8 Å². The van der Waals surface area contributed by atoms with E-state index >= 15 is 0 Å². The highest BCUT2D eigenvalue weighted by Crippen LogP contribution is 2.23. The minimum atomic E-state index is -4.65. The van der Waals surface area contributed by atoms with Gasteiger partial charge < -0.3 is 9.88 Å². The Morgan fingerprint density at radius 1 is 1.07 bits per heavy atom. The molecule has 0 aliphatic rings. The molecule has 0 saturated heterocycles. The van der Waals surface area contributed by atoms with E-state index in [9.17, 15) is 26.4 Å². The second kappa shape index (κ2) is 7.78. The smallest absolute Gasteiger partial charge is 0.322 e. The number of hydrogen-bond donors (Lipinski definition) is 2. The van der Waals surface area contributed by atoms with Gasteiger partial charge in [-0.3, -0.25) is 4.79 Å². The van der Waals surface area contributed by atoms with Gasteiger partial charge in [-0.25, -0.2) is 13.1 Å². The zero-order chi connectivity index (χ0) is 20.4. The monoisotopic (exact) mass is 429 g/mol. The maximum Gasteiger partial charge on any atom is 0.402 e. The van der Waals surface area contributed by atoms with E-state index in [0.717, 1.165) is 12.1 Å². The normalized spacial score (nSPS) is 12.1. The average Bonchev–Trinajstić information content (AvgIpc) is 3.31. The molecule has 28 heavy (non-hydrogen) atoms. The number of nitrogens with zero attached hydrogens (tertiary/aromatic N) is 1. The molecule has 148 valence electrons. The Morgan fingerprint density at radius 2 is 1.71 bits per heavy atom. The van der Waals surface area contributed by atoms with Crippen LogP contribution in [0.1, 0.15) is 9.67 Å². The quantitative estimate of drug-likeness (QED) is 0.628. The number of carbonyl (C=O) groups excluding carboxylic acids is 1. The van der Waals surface area contributed by atoms with Crippen molar-refractivity contribution in [3.63, 3.8) is 0 Å². The van der Waals surface area contributed by atoms with E-state index in [4.69, 9.17) is 0 Å². The van der Waals surface area contributed by atoms with Crippen LogP contribution in [0, 0.1) is 0 Å². The van der Waals surface area contributed by atoms with Gasteiger partial charge in [0.25, 0.3) is 5.91 Å². The Balaban J connectivity index is 1.71. The van der Waals surface area contributed by atoms with Crippen LogP contribution < -0.4 is 10.0 Å². The largest absolute Gasteiger partial charge is 0.402 e. The van der Waals surface area contributed by atoms with Crippen LogP contribution in [0.5, 0.6) is 0 Å². The Bertz CT molecular complexity index is 1060. The third-order valence-corrected chi connectivity index (χ3v) is 5.94. The molecule has 1 aromatic carbocycles. The molecule has 11 heteroatoms. The zero-order valence-electron chi connectivity index (χ0n) is 14.1. The van der Waals surface area contributed by atoms with Crippen LogP contribution >= 0.6 is 11.3 Å². The predicted octanol–water partition coefficient (Wildman–Crippen LogP) is 3.63. The first-order chi connectivity index (χ1) is 13.2. The molecule has 0 unspecified atom stereocenters. The highest BCUT2D eigenvalue weighted by Gasteiger charge is 2.30. The number of halogens is 3. The summed E-state index contributed by atoms with van der Waals surface area (Å²) in [7, 11) is -4.30. The van der Waals surface area contributed by atoms with Gasteiger partial charge in [0.1, 0.15) is 11.4 Å². The van der Waals surface area contributed by atoms with Crippen molar-refractivity contribution in [2.24, 2.45) is 0 Å². The lowest BCUT2D eigenvalue weighted by Crippen LogP contribution is -2.33. The Kier molecular flexibility index (Phi) is 5.59. The average molecular weight is 429 g/mol. The Labute approximate surface area is 162 Å². The number of alkyl halides is 3. The first-order valence-electron chi connectivity index (χ1n) is 7.84. The lowest BCUT2D eigenvalue weighted by Gasteiger charge is -2.10. The fourth-order valence-electron chi connectivity index (χ4n) is 2.34. The molecule has 0 aliphatic heterocycles. The Morgan fingerprint density at radius 3 is 2.32 bits per heavy atom. The first-order valence-corrected chi connectivity index (χ1v) is 10.2. The maximum atomic E-state index is 12.5. The van der Waals surface area contributed by atoms with Crippen LogP contribution in [-0.4, -0.2) is 31.6 Å². The van der Waals surface area contributed by atoms with E-state index in [1.807, 2.05) is 12.1 Å². The molecule has 0 spiro atoms. The summed E-state index contributed by atoms with van der Waals surface area (Å²) in [6, 6.07) is 10.3. The number of aromatic nitrogens is 1. The van der Waals surface area contributed by atoms with Crippen LogP contribution in [-0.2, 0) is 10.0 Å². The van der Waals surface area contributed by atoms with Gasteiger partial charge in [0, 0.05) is 18.1 Å². The summed E-state index contributed by atoms with van der Waals surface area (Å²) in [5.74, 6) is -0.385. The van der Waals surface area contributed by atoms with Gasteiger partial charge >= 0.3 is 6.18 Å². The molecule has 3 rings (SSSR count). The van der Waals surface area contributed by atoms with E-state index in [1.165, 1.54) is 28.2 Å². The lowest BCUT2D eigenvalue weighted by molar-refractivity contribution is -0.121. The molecule has 0 radical (unpaired) electrons. The molecule has 0 bridgehead atoms. The van der Waals surface area contributed by atoms with Gasteiger partial charge in [0.2, 0.25) is 10.0 Å². The second-order valence-corrected chi connectivity index (χ2v) is 8.33. The molecule has 0 atom stereocenters. The summed E-state index contributed by atoms with van der Waals surface area (Å²) in [6.45, 7) is -1.66. The predicted molar refractivity (Wildman–Crippen MR) is 99.3 cm³/mol. The van der Waals surface area contributed by atoms with Gasteiger partial charge in [-0.1, -0.05) is 0 Å². The van der Waals surface area contributed by atoms with E-state index in [2.05, 4.69) is 5.32 Å². The van der Waals surface area contributed by atoms with Crippen molar-refractivity contribution in [1.29, 1.82) is 0 Å². The van der Waals surface area contributed by atoms with Gasteiger partial charge in [0.15, 0.2) is 0 Å². The molecule has 3 aromatic rings. The number of nitrogens with one attached hydrogen (secondary N) is 2. The van der Waals surface area contributed by atoms with Crippen molar-refractivity contribution in [2.75, 3.05) is 11.9 Å². The number of rotatable bonds is 6. The summed E-state index contributed by atoms with van der Waals surface area (Å²) < 4.78 is 63.6. The van der Waals surface area contributed by atoms with Crippen molar-refractivity contribution in [1.82, 2.24) is 9.29 Å². The van der Waals surface area contributed by atoms with Gasteiger partial charge in [-0.05, 0) is 47.8 Å². The number of carbonyl (C=O) groups is 1. The summed E-state index contributed by atoms with van der Waals surface area (Å²) in [5.41, 5.74) is 1.01. The van der Waals surface area contributed by atoms with Gasteiger partial charge in [0.05, 0.1) is 10.6 Å². The van der Waals surface area contributed by atoms with E-state index in [1.54, 1.807) is 28.4 Å².